The molecule has 4 rings (SSSR count). The first kappa shape index (κ1) is 17.0. The highest BCUT2D eigenvalue weighted by atomic mass is 35.5. The van der Waals surface area contributed by atoms with Gasteiger partial charge in [0.2, 0.25) is 5.91 Å². The topological polar surface area (TPSA) is 52.6 Å². The number of anilines is 1. The molecule has 6 nitrogen and oxygen atoms in total. The van der Waals surface area contributed by atoms with Gasteiger partial charge >= 0.3 is 0 Å². The monoisotopic (exact) mass is 363 g/mol. The molecule has 25 heavy (non-hydrogen) atoms. The van der Waals surface area contributed by atoms with Crippen LogP contribution in [0.3, 0.4) is 0 Å². The number of nitrogens with zero attached hydrogens (tertiary/aromatic N) is 5. The average Bonchev–Trinajstić information content (AvgIpc) is 3.35. The predicted octanol–water partition coefficient (Wildman–Crippen LogP) is 2.14. The van der Waals surface area contributed by atoms with E-state index in [0.29, 0.717) is 11.1 Å². The maximum atomic E-state index is 12.6. The van der Waals surface area contributed by atoms with Crippen molar-refractivity contribution in [2.45, 2.75) is 44.6 Å². The van der Waals surface area contributed by atoms with Crippen LogP contribution in [-0.2, 0) is 4.79 Å². The molecule has 3 fully saturated rings. The van der Waals surface area contributed by atoms with E-state index in [1.807, 2.05) is 17.9 Å². The summed E-state index contributed by atoms with van der Waals surface area (Å²) in [6.07, 6.45) is 4.63. The lowest BCUT2D eigenvalue weighted by Gasteiger charge is -2.39. The molecule has 0 bridgehead atoms. The largest absolute Gasteiger partial charge is 0.354 e. The number of carbonyl (C=O) groups is 1. The summed E-state index contributed by atoms with van der Waals surface area (Å²) in [5.41, 5.74) is 0. The molecule has 7 heteroatoms. The van der Waals surface area contributed by atoms with Crippen molar-refractivity contribution in [2.75, 3.05) is 44.2 Å². The Balaban J connectivity index is 1.37. The van der Waals surface area contributed by atoms with Crippen molar-refractivity contribution in [3.63, 3.8) is 0 Å². The molecule has 1 unspecified atom stereocenters. The van der Waals surface area contributed by atoms with Crippen molar-refractivity contribution in [3.05, 3.63) is 17.0 Å². The average molecular weight is 364 g/mol. The summed E-state index contributed by atoms with van der Waals surface area (Å²) in [5.74, 6) is 2.60. The van der Waals surface area contributed by atoms with E-state index in [4.69, 9.17) is 16.6 Å². The highest BCUT2D eigenvalue weighted by Crippen LogP contribution is 2.39. The van der Waals surface area contributed by atoms with E-state index in [1.54, 1.807) is 0 Å². The van der Waals surface area contributed by atoms with Gasteiger partial charge in [-0.15, -0.1) is 0 Å². The number of halogens is 1. The molecular weight excluding hydrogens is 338 g/mol. The van der Waals surface area contributed by atoms with Crippen LogP contribution in [0.4, 0.5) is 5.82 Å². The molecule has 1 atom stereocenters. The van der Waals surface area contributed by atoms with E-state index in [2.05, 4.69) is 14.8 Å². The zero-order valence-corrected chi connectivity index (χ0v) is 15.6. The molecule has 1 saturated carbocycles. The number of hydrogen-bond acceptors (Lipinski definition) is 5. The van der Waals surface area contributed by atoms with Crippen LogP contribution in [-0.4, -0.2) is 71.0 Å². The van der Waals surface area contributed by atoms with Crippen molar-refractivity contribution >= 4 is 23.3 Å². The van der Waals surface area contributed by atoms with Crippen molar-refractivity contribution in [1.29, 1.82) is 0 Å². The third-order valence-electron chi connectivity index (χ3n) is 5.60. The van der Waals surface area contributed by atoms with Crippen molar-refractivity contribution in [2.24, 2.45) is 0 Å². The summed E-state index contributed by atoms with van der Waals surface area (Å²) in [4.78, 5) is 28.3. The standard InChI is InChI=1S/C18H26ClN5O/c1-13(18(25)24-6-2-3-7-24)22-8-10-23(11-9-22)16-12-15(19)20-17(21-16)14-4-5-14/h12-14H,2-11H2,1H3. The van der Waals surface area contributed by atoms with E-state index >= 15 is 0 Å². The minimum Gasteiger partial charge on any atom is -0.354 e. The molecule has 0 radical (unpaired) electrons. The molecule has 0 spiro atoms. The van der Waals surface area contributed by atoms with Crippen LogP contribution in [0.25, 0.3) is 0 Å². The van der Waals surface area contributed by atoms with Gasteiger partial charge in [0.1, 0.15) is 16.8 Å². The van der Waals surface area contributed by atoms with Gasteiger partial charge < -0.3 is 9.80 Å². The minimum atomic E-state index is -0.0312. The molecule has 3 aliphatic rings. The van der Waals surface area contributed by atoms with Gasteiger partial charge in [-0.25, -0.2) is 9.97 Å². The molecule has 1 aromatic heterocycles. The molecule has 1 amide bonds. The second-order valence-electron chi connectivity index (χ2n) is 7.41. The minimum absolute atomic E-state index is 0.0312. The fourth-order valence-corrected chi connectivity index (χ4v) is 3.99. The summed E-state index contributed by atoms with van der Waals surface area (Å²) in [6, 6.07) is 1.83. The van der Waals surface area contributed by atoms with Crippen LogP contribution >= 0.6 is 11.6 Å². The lowest BCUT2D eigenvalue weighted by Crippen LogP contribution is -2.54. The van der Waals surface area contributed by atoms with Crippen molar-refractivity contribution in [3.8, 4) is 0 Å². The molecule has 0 aromatic carbocycles. The molecule has 136 valence electrons. The Bertz CT molecular complexity index is 636. The fraction of sp³-hybridized carbons (Fsp3) is 0.722. The molecule has 2 saturated heterocycles. The third-order valence-corrected chi connectivity index (χ3v) is 5.80. The number of carbonyl (C=O) groups excluding carboxylic acids is 1. The molecule has 1 aromatic rings. The van der Waals surface area contributed by atoms with Gasteiger partial charge in [0.25, 0.3) is 0 Å². The molecule has 1 aliphatic carbocycles. The van der Waals surface area contributed by atoms with E-state index < -0.39 is 0 Å². The van der Waals surface area contributed by atoms with Gasteiger partial charge in [-0.1, -0.05) is 11.6 Å². The Labute approximate surface area is 154 Å². The third kappa shape index (κ3) is 3.75. The Morgan fingerprint density at radius 3 is 2.44 bits per heavy atom. The maximum absolute atomic E-state index is 12.6. The van der Waals surface area contributed by atoms with Crippen molar-refractivity contribution in [1.82, 2.24) is 19.8 Å². The van der Waals surface area contributed by atoms with Gasteiger partial charge in [0, 0.05) is 51.3 Å². The number of likely N-dealkylation sites (tertiary alicyclic amines) is 1. The number of amides is 1. The summed E-state index contributed by atoms with van der Waals surface area (Å²) >= 11 is 6.20. The lowest BCUT2D eigenvalue weighted by molar-refractivity contribution is -0.135. The zero-order valence-electron chi connectivity index (χ0n) is 14.8. The quantitative estimate of drug-likeness (QED) is 0.767. The van der Waals surface area contributed by atoms with E-state index in [-0.39, 0.29) is 11.9 Å². The maximum Gasteiger partial charge on any atom is 0.239 e. The summed E-state index contributed by atoms with van der Waals surface area (Å²) < 4.78 is 0. The van der Waals surface area contributed by atoms with Gasteiger partial charge in [-0.2, -0.15) is 0 Å². The van der Waals surface area contributed by atoms with Crippen LogP contribution in [0.1, 0.15) is 44.3 Å². The first-order valence-corrected chi connectivity index (χ1v) is 9.82. The van der Waals surface area contributed by atoms with Crippen LogP contribution < -0.4 is 4.90 Å². The number of aromatic nitrogens is 2. The van der Waals surface area contributed by atoms with Crippen LogP contribution in [0.5, 0.6) is 0 Å². The second-order valence-corrected chi connectivity index (χ2v) is 7.80. The summed E-state index contributed by atoms with van der Waals surface area (Å²) in [5, 5.41) is 0.534. The Morgan fingerprint density at radius 1 is 1.12 bits per heavy atom. The van der Waals surface area contributed by atoms with E-state index in [1.165, 1.54) is 12.8 Å². The summed E-state index contributed by atoms with van der Waals surface area (Å²) in [7, 11) is 0. The predicted molar refractivity (Wildman–Crippen MR) is 98.1 cm³/mol. The van der Waals surface area contributed by atoms with Crippen molar-refractivity contribution < 1.29 is 4.79 Å². The smallest absolute Gasteiger partial charge is 0.239 e. The first-order chi connectivity index (χ1) is 12.1. The van der Waals surface area contributed by atoms with E-state index in [0.717, 1.165) is 63.8 Å². The highest BCUT2D eigenvalue weighted by molar-refractivity contribution is 6.29. The first-order valence-electron chi connectivity index (χ1n) is 9.44. The number of hydrogen-bond donors (Lipinski definition) is 0. The second kappa shape index (κ2) is 7.08. The lowest BCUT2D eigenvalue weighted by atomic mass is 10.2. The zero-order chi connectivity index (χ0) is 17.4. The van der Waals surface area contributed by atoms with Gasteiger partial charge in [0.05, 0.1) is 6.04 Å². The summed E-state index contributed by atoms with van der Waals surface area (Å²) in [6.45, 7) is 7.38. The van der Waals surface area contributed by atoms with Gasteiger partial charge in [0.15, 0.2) is 0 Å². The van der Waals surface area contributed by atoms with Crippen LogP contribution in [0, 0.1) is 0 Å². The number of rotatable bonds is 4. The normalized spacial score (nSPS) is 23.1. The Morgan fingerprint density at radius 2 is 1.80 bits per heavy atom. The Hall–Kier alpha value is -1.40. The van der Waals surface area contributed by atoms with Crippen LogP contribution in [0.2, 0.25) is 5.15 Å². The van der Waals surface area contributed by atoms with Gasteiger partial charge in [-0.3, -0.25) is 9.69 Å². The van der Waals surface area contributed by atoms with E-state index in [9.17, 15) is 4.79 Å². The van der Waals surface area contributed by atoms with Gasteiger partial charge in [-0.05, 0) is 32.6 Å². The molecule has 3 heterocycles. The fourth-order valence-electron chi connectivity index (χ4n) is 3.81. The Kier molecular flexibility index (Phi) is 4.82. The number of piperazine rings is 1. The van der Waals surface area contributed by atoms with Crippen LogP contribution in [0.15, 0.2) is 6.07 Å². The molecular formula is C18H26ClN5O. The molecule has 2 aliphatic heterocycles. The SMILES string of the molecule is CC(C(=O)N1CCCC1)N1CCN(c2cc(Cl)nc(C3CC3)n2)CC1. The highest BCUT2D eigenvalue weighted by Gasteiger charge is 2.31. The molecule has 0 N–H and O–H groups in total.